The van der Waals surface area contributed by atoms with Crippen LogP contribution in [0.1, 0.15) is 72.5 Å². The molecule has 1 aliphatic rings. The van der Waals surface area contributed by atoms with Crippen molar-refractivity contribution in [1.82, 2.24) is 19.8 Å². The number of carbonyl (C=O) groups excluding carboxylic acids is 1. The Bertz CT molecular complexity index is 1330. The van der Waals surface area contributed by atoms with Crippen molar-refractivity contribution in [1.29, 1.82) is 0 Å². The number of aromatic amines is 1. The molecule has 37 heavy (non-hydrogen) atoms. The van der Waals surface area contributed by atoms with Gasteiger partial charge in [0, 0.05) is 54.1 Å². The summed E-state index contributed by atoms with van der Waals surface area (Å²) in [7, 11) is 1.78. The molecule has 4 rings (SSSR count). The number of aromatic nitrogens is 2. The van der Waals surface area contributed by atoms with Crippen LogP contribution in [0.3, 0.4) is 0 Å². The van der Waals surface area contributed by atoms with Crippen LogP contribution in [0.5, 0.6) is 0 Å². The molecule has 2 N–H and O–H groups in total. The van der Waals surface area contributed by atoms with Crippen LogP contribution in [0.4, 0.5) is 0 Å². The molecule has 1 atom stereocenters. The Morgan fingerprint density at radius 1 is 1.19 bits per heavy atom. The molecule has 0 saturated carbocycles. The molecule has 1 amide bonds. The number of para-hydroxylation sites is 1. The topological polar surface area (TPSA) is 79.4 Å². The number of methoxy groups -OCH3 is 1. The third-order valence-electron chi connectivity index (χ3n) is 8.18. The predicted molar refractivity (Wildman–Crippen MR) is 149 cm³/mol. The van der Waals surface area contributed by atoms with Crippen LogP contribution in [-0.2, 0) is 11.3 Å². The van der Waals surface area contributed by atoms with Crippen LogP contribution in [0, 0.1) is 26.7 Å². The van der Waals surface area contributed by atoms with Gasteiger partial charge >= 0.3 is 0 Å². The van der Waals surface area contributed by atoms with Crippen molar-refractivity contribution in [2.24, 2.45) is 5.92 Å². The van der Waals surface area contributed by atoms with Crippen molar-refractivity contribution in [2.75, 3.05) is 26.7 Å². The van der Waals surface area contributed by atoms with Crippen LogP contribution in [0.2, 0.25) is 0 Å². The summed E-state index contributed by atoms with van der Waals surface area (Å²) in [5.74, 6) is 0.386. The van der Waals surface area contributed by atoms with E-state index in [4.69, 9.17) is 4.74 Å². The Kier molecular flexibility index (Phi) is 7.95. The number of hydrogen-bond donors (Lipinski definition) is 2. The Balaban J connectivity index is 1.55. The van der Waals surface area contributed by atoms with Crippen LogP contribution in [-0.4, -0.2) is 52.7 Å². The molecule has 7 heteroatoms. The Morgan fingerprint density at radius 3 is 2.51 bits per heavy atom. The molecule has 0 bridgehead atoms. The number of H-pyrrole nitrogens is 1. The van der Waals surface area contributed by atoms with Crippen LogP contribution >= 0.6 is 0 Å². The number of hydrogen-bond acceptors (Lipinski definition) is 4. The minimum absolute atomic E-state index is 0.143. The summed E-state index contributed by atoms with van der Waals surface area (Å²) in [6.07, 6.45) is 2.23. The second kappa shape index (κ2) is 10.8. The Hall–Kier alpha value is -2.90. The van der Waals surface area contributed by atoms with E-state index in [0.717, 1.165) is 60.3 Å². The summed E-state index contributed by atoms with van der Waals surface area (Å²) in [6.45, 7) is 15.6. The van der Waals surface area contributed by atoms with E-state index in [1.807, 2.05) is 45.0 Å². The Morgan fingerprint density at radius 2 is 1.86 bits per heavy atom. The number of piperidine rings is 1. The van der Waals surface area contributed by atoms with Gasteiger partial charge in [0.25, 0.3) is 11.5 Å². The monoisotopic (exact) mass is 506 g/mol. The maximum Gasteiger partial charge on any atom is 0.254 e. The molecule has 200 valence electrons. The molecule has 0 radical (unpaired) electrons. The SMILES string of the molecule is COC(C)(C)CN1CCC(C(C)n2c(C)c(C(=O)NCc3c(C)cc(C)[nH]c3=O)c3ccccc32)CC1. The first-order valence-corrected chi connectivity index (χ1v) is 13.4. The van der Waals surface area contributed by atoms with Gasteiger partial charge in [0.05, 0.1) is 11.2 Å². The largest absolute Gasteiger partial charge is 0.377 e. The number of fused-ring (bicyclic) bond motifs is 1. The molecule has 1 aliphatic heterocycles. The molecule has 0 aliphatic carbocycles. The third-order valence-corrected chi connectivity index (χ3v) is 8.18. The summed E-state index contributed by atoms with van der Waals surface area (Å²) in [5, 5.41) is 3.98. The molecule has 1 unspecified atom stereocenters. The fraction of sp³-hybridized carbons (Fsp3) is 0.533. The zero-order valence-corrected chi connectivity index (χ0v) is 23.4. The molecule has 1 fully saturated rings. The van der Waals surface area contributed by atoms with Gasteiger partial charge in [0.1, 0.15) is 0 Å². The predicted octanol–water partition coefficient (Wildman–Crippen LogP) is 4.88. The van der Waals surface area contributed by atoms with Crippen molar-refractivity contribution in [3.63, 3.8) is 0 Å². The van der Waals surface area contributed by atoms with Crippen molar-refractivity contribution in [2.45, 2.75) is 72.6 Å². The smallest absolute Gasteiger partial charge is 0.254 e. The lowest BCUT2D eigenvalue weighted by molar-refractivity contribution is -0.0162. The van der Waals surface area contributed by atoms with Crippen molar-refractivity contribution in [3.8, 4) is 0 Å². The first-order chi connectivity index (χ1) is 17.5. The van der Waals surface area contributed by atoms with Gasteiger partial charge in [-0.1, -0.05) is 18.2 Å². The fourth-order valence-corrected chi connectivity index (χ4v) is 5.97. The fourth-order valence-electron chi connectivity index (χ4n) is 5.97. The first kappa shape index (κ1) is 27.1. The number of nitrogens with one attached hydrogen (secondary N) is 2. The summed E-state index contributed by atoms with van der Waals surface area (Å²) >= 11 is 0. The Labute approximate surface area is 220 Å². The molecule has 7 nitrogen and oxygen atoms in total. The standard InChI is InChI=1S/C30H42N4O3/c1-19-16-20(2)32-28(35)25(19)17-31-29(36)27-22(4)34(26-11-9-8-10-24(26)27)21(3)23-12-14-33(15-13-23)18-30(5,6)37-7/h8-11,16,21,23H,12-15,17-18H2,1-7H3,(H,31,36)(H,32,35). The summed E-state index contributed by atoms with van der Waals surface area (Å²) < 4.78 is 7.99. The van der Waals surface area contributed by atoms with Gasteiger partial charge in [-0.2, -0.15) is 0 Å². The average molecular weight is 507 g/mol. The normalized spacial score (nSPS) is 16.3. The maximum absolute atomic E-state index is 13.5. The molecule has 3 heterocycles. The number of benzene rings is 1. The second-order valence-electron chi connectivity index (χ2n) is 11.3. The van der Waals surface area contributed by atoms with E-state index >= 15 is 0 Å². The number of ether oxygens (including phenoxy) is 1. The second-order valence-corrected chi connectivity index (χ2v) is 11.3. The quantitative estimate of drug-likeness (QED) is 0.456. The van der Waals surface area contributed by atoms with E-state index in [9.17, 15) is 9.59 Å². The molecule has 2 aromatic heterocycles. The lowest BCUT2D eigenvalue weighted by Crippen LogP contribution is -2.44. The molecule has 1 aromatic carbocycles. The molecule has 0 spiro atoms. The number of pyridine rings is 1. The average Bonchev–Trinajstić information content (AvgIpc) is 3.14. The minimum Gasteiger partial charge on any atom is -0.377 e. The van der Waals surface area contributed by atoms with Gasteiger partial charge < -0.3 is 24.5 Å². The summed E-state index contributed by atoms with van der Waals surface area (Å²) in [6, 6.07) is 10.4. The zero-order chi connectivity index (χ0) is 26.9. The highest BCUT2D eigenvalue weighted by Crippen LogP contribution is 2.36. The highest BCUT2D eigenvalue weighted by atomic mass is 16.5. The van der Waals surface area contributed by atoms with Gasteiger partial charge in [-0.25, -0.2) is 0 Å². The molecular weight excluding hydrogens is 464 g/mol. The van der Waals surface area contributed by atoms with E-state index < -0.39 is 0 Å². The van der Waals surface area contributed by atoms with Gasteiger partial charge in [-0.05, 0) is 91.1 Å². The van der Waals surface area contributed by atoms with E-state index in [1.54, 1.807) is 7.11 Å². The molecular formula is C30H42N4O3. The van der Waals surface area contributed by atoms with E-state index in [-0.39, 0.29) is 29.7 Å². The summed E-state index contributed by atoms with van der Waals surface area (Å²) in [5.41, 5.74) is 4.77. The van der Waals surface area contributed by atoms with Crippen molar-refractivity contribution >= 4 is 16.8 Å². The van der Waals surface area contributed by atoms with E-state index in [1.165, 1.54) is 0 Å². The van der Waals surface area contributed by atoms with Gasteiger partial charge in [0.2, 0.25) is 0 Å². The van der Waals surface area contributed by atoms with Crippen LogP contribution in [0.25, 0.3) is 10.9 Å². The highest BCUT2D eigenvalue weighted by Gasteiger charge is 2.31. The molecule has 1 saturated heterocycles. The summed E-state index contributed by atoms with van der Waals surface area (Å²) in [4.78, 5) is 31.3. The first-order valence-electron chi connectivity index (χ1n) is 13.4. The maximum atomic E-state index is 13.5. The highest BCUT2D eigenvalue weighted by molar-refractivity contribution is 6.08. The minimum atomic E-state index is -0.147. The number of amides is 1. The van der Waals surface area contributed by atoms with Crippen LogP contribution in [0.15, 0.2) is 35.1 Å². The van der Waals surface area contributed by atoms with Crippen LogP contribution < -0.4 is 10.9 Å². The number of aryl methyl sites for hydroxylation is 2. The zero-order valence-electron chi connectivity index (χ0n) is 23.4. The van der Waals surface area contributed by atoms with Crippen molar-refractivity contribution < 1.29 is 9.53 Å². The number of carbonyl (C=O) groups is 1. The number of rotatable bonds is 8. The van der Waals surface area contributed by atoms with Gasteiger partial charge in [-0.15, -0.1) is 0 Å². The van der Waals surface area contributed by atoms with Crippen molar-refractivity contribution in [3.05, 3.63) is 68.8 Å². The number of nitrogens with zero attached hydrogens (tertiary/aromatic N) is 2. The van der Waals surface area contributed by atoms with Gasteiger partial charge in [0.15, 0.2) is 0 Å². The van der Waals surface area contributed by atoms with E-state index in [2.05, 4.69) is 46.6 Å². The van der Waals surface area contributed by atoms with E-state index in [0.29, 0.717) is 17.0 Å². The molecule has 3 aromatic rings. The lowest BCUT2D eigenvalue weighted by Gasteiger charge is -2.39. The number of likely N-dealkylation sites (tertiary alicyclic amines) is 1. The van der Waals surface area contributed by atoms with Gasteiger partial charge in [-0.3, -0.25) is 9.59 Å². The lowest BCUT2D eigenvalue weighted by atomic mass is 9.89. The third kappa shape index (κ3) is 5.68.